The van der Waals surface area contributed by atoms with E-state index >= 15 is 0 Å². The number of carbonyl (C=O) groups is 1. The van der Waals surface area contributed by atoms with E-state index in [1.54, 1.807) is 11.3 Å². The highest BCUT2D eigenvalue weighted by atomic mass is 32.2. The molecule has 0 bridgehead atoms. The molecule has 0 radical (unpaired) electrons. The van der Waals surface area contributed by atoms with Crippen LogP contribution in [0, 0.1) is 20.8 Å². The van der Waals surface area contributed by atoms with Crippen molar-refractivity contribution in [2.24, 2.45) is 0 Å². The van der Waals surface area contributed by atoms with Gasteiger partial charge in [0.05, 0.1) is 5.75 Å². The lowest BCUT2D eigenvalue weighted by Gasteiger charge is -2.13. The Labute approximate surface area is 168 Å². The molecule has 1 aromatic carbocycles. The first-order valence-electron chi connectivity index (χ1n) is 8.85. The molecule has 0 atom stereocenters. The minimum Gasteiger partial charge on any atom is -0.325 e. The van der Waals surface area contributed by atoms with Crippen LogP contribution >= 0.6 is 23.1 Å². The third-order valence-corrected chi connectivity index (χ3v) is 6.10. The summed E-state index contributed by atoms with van der Waals surface area (Å²) in [6.45, 7) is 10.4. The van der Waals surface area contributed by atoms with Gasteiger partial charge in [0.2, 0.25) is 5.91 Å². The van der Waals surface area contributed by atoms with Gasteiger partial charge in [0.1, 0.15) is 0 Å². The zero-order valence-electron chi connectivity index (χ0n) is 16.2. The average molecular weight is 401 g/mol. The summed E-state index contributed by atoms with van der Waals surface area (Å²) in [6.07, 6.45) is 0. The molecule has 1 N–H and O–H groups in total. The number of rotatable bonds is 6. The van der Waals surface area contributed by atoms with E-state index in [9.17, 15) is 4.79 Å². The van der Waals surface area contributed by atoms with Gasteiger partial charge in [-0.3, -0.25) is 9.36 Å². The lowest BCUT2D eigenvalue weighted by Crippen LogP contribution is -2.15. The van der Waals surface area contributed by atoms with Crippen molar-refractivity contribution in [2.45, 2.75) is 45.8 Å². The lowest BCUT2D eigenvalue weighted by molar-refractivity contribution is -0.113. The molecular formula is C20H24N4OS2. The molecule has 27 heavy (non-hydrogen) atoms. The Hall–Kier alpha value is -2.12. The molecule has 5 nitrogen and oxygen atoms in total. The minimum atomic E-state index is -0.0468. The highest BCUT2D eigenvalue weighted by Crippen LogP contribution is 2.30. The van der Waals surface area contributed by atoms with Crippen molar-refractivity contribution in [1.82, 2.24) is 14.8 Å². The van der Waals surface area contributed by atoms with Crippen LogP contribution < -0.4 is 5.32 Å². The number of nitrogens with zero attached hydrogens (tertiary/aromatic N) is 3. The average Bonchev–Trinajstić information content (AvgIpc) is 3.22. The smallest absolute Gasteiger partial charge is 0.234 e. The Morgan fingerprint density at radius 3 is 2.59 bits per heavy atom. The lowest BCUT2D eigenvalue weighted by atomic mass is 10.1. The summed E-state index contributed by atoms with van der Waals surface area (Å²) in [5.74, 6) is 1.10. The zero-order valence-corrected chi connectivity index (χ0v) is 17.9. The van der Waals surface area contributed by atoms with Crippen molar-refractivity contribution in [1.29, 1.82) is 0 Å². The number of benzene rings is 1. The van der Waals surface area contributed by atoms with Crippen molar-refractivity contribution in [3.8, 4) is 11.4 Å². The number of thiophene rings is 1. The fourth-order valence-electron chi connectivity index (χ4n) is 2.74. The van der Waals surface area contributed by atoms with Gasteiger partial charge < -0.3 is 5.32 Å². The first kappa shape index (κ1) is 19.6. The van der Waals surface area contributed by atoms with Gasteiger partial charge in [-0.05, 0) is 63.9 Å². The van der Waals surface area contributed by atoms with Crippen LogP contribution in [0.2, 0.25) is 0 Å². The summed E-state index contributed by atoms with van der Waals surface area (Å²) in [7, 11) is 0. The maximum Gasteiger partial charge on any atom is 0.234 e. The maximum atomic E-state index is 12.4. The third-order valence-electron chi connectivity index (χ3n) is 4.29. The summed E-state index contributed by atoms with van der Waals surface area (Å²) in [6, 6.07) is 8.27. The summed E-state index contributed by atoms with van der Waals surface area (Å²) in [4.78, 5) is 13.6. The topological polar surface area (TPSA) is 59.8 Å². The molecule has 0 unspecified atom stereocenters. The van der Waals surface area contributed by atoms with Gasteiger partial charge in [0, 0.05) is 27.5 Å². The van der Waals surface area contributed by atoms with E-state index < -0.39 is 0 Å². The predicted octanol–water partition coefficient (Wildman–Crippen LogP) is 5.24. The van der Waals surface area contributed by atoms with Crippen LogP contribution in [0.1, 0.15) is 35.9 Å². The normalized spacial score (nSPS) is 11.2. The molecule has 0 spiro atoms. The highest BCUT2D eigenvalue weighted by molar-refractivity contribution is 7.99. The van der Waals surface area contributed by atoms with Crippen LogP contribution in [-0.4, -0.2) is 26.4 Å². The van der Waals surface area contributed by atoms with Crippen molar-refractivity contribution in [2.75, 3.05) is 11.1 Å². The van der Waals surface area contributed by atoms with E-state index in [1.165, 1.54) is 22.2 Å². The molecule has 1 amide bonds. The van der Waals surface area contributed by atoms with E-state index in [-0.39, 0.29) is 11.9 Å². The second-order valence-corrected chi connectivity index (χ2v) is 8.91. The summed E-state index contributed by atoms with van der Waals surface area (Å²) < 4.78 is 2.09. The predicted molar refractivity (Wildman–Crippen MR) is 114 cm³/mol. The Kier molecular flexibility index (Phi) is 6.01. The third kappa shape index (κ3) is 4.59. The molecular weight excluding hydrogens is 376 g/mol. The molecule has 0 aliphatic rings. The first-order chi connectivity index (χ1) is 12.8. The summed E-state index contributed by atoms with van der Waals surface area (Å²) >= 11 is 3.11. The van der Waals surface area contributed by atoms with E-state index in [0.29, 0.717) is 5.75 Å². The number of amides is 1. The number of anilines is 1. The minimum absolute atomic E-state index is 0.0468. The molecule has 0 aliphatic carbocycles. The van der Waals surface area contributed by atoms with Gasteiger partial charge in [0.25, 0.3) is 0 Å². The van der Waals surface area contributed by atoms with Gasteiger partial charge >= 0.3 is 0 Å². The Morgan fingerprint density at radius 2 is 1.96 bits per heavy atom. The van der Waals surface area contributed by atoms with E-state index in [0.717, 1.165) is 27.8 Å². The molecule has 2 aromatic heterocycles. The van der Waals surface area contributed by atoms with Crippen LogP contribution in [0.15, 0.2) is 34.8 Å². The SMILES string of the molecule is Cc1cc(-c2nnc(SCC(=O)Nc3ccc(C)c(C)c3)n2C(C)C)cs1. The van der Waals surface area contributed by atoms with E-state index in [4.69, 9.17) is 0 Å². The summed E-state index contributed by atoms with van der Waals surface area (Å²) in [5, 5.41) is 14.5. The number of hydrogen-bond acceptors (Lipinski definition) is 5. The Bertz CT molecular complexity index is 959. The summed E-state index contributed by atoms with van der Waals surface area (Å²) in [5.41, 5.74) is 4.27. The molecule has 3 aromatic rings. The molecule has 2 heterocycles. The second-order valence-electron chi connectivity index (χ2n) is 6.85. The van der Waals surface area contributed by atoms with Crippen molar-refractivity contribution in [3.63, 3.8) is 0 Å². The molecule has 3 rings (SSSR count). The van der Waals surface area contributed by atoms with Crippen LogP contribution in [0.25, 0.3) is 11.4 Å². The second kappa shape index (κ2) is 8.27. The number of hydrogen-bond donors (Lipinski definition) is 1. The molecule has 0 fully saturated rings. The van der Waals surface area contributed by atoms with Gasteiger partial charge in [-0.1, -0.05) is 17.8 Å². The molecule has 0 aliphatic heterocycles. The van der Waals surface area contributed by atoms with Crippen LogP contribution in [0.3, 0.4) is 0 Å². The van der Waals surface area contributed by atoms with E-state index in [1.807, 2.05) is 25.1 Å². The van der Waals surface area contributed by atoms with Gasteiger partial charge in [0.15, 0.2) is 11.0 Å². The van der Waals surface area contributed by atoms with Gasteiger partial charge in [-0.2, -0.15) is 0 Å². The Balaban J connectivity index is 1.71. The van der Waals surface area contributed by atoms with Crippen LogP contribution in [-0.2, 0) is 4.79 Å². The van der Waals surface area contributed by atoms with Crippen LogP contribution in [0.5, 0.6) is 0 Å². The zero-order chi connectivity index (χ0) is 19.6. The van der Waals surface area contributed by atoms with Gasteiger partial charge in [-0.15, -0.1) is 21.5 Å². The number of thioether (sulfide) groups is 1. The first-order valence-corrected chi connectivity index (χ1v) is 10.7. The Morgan fingerprint density at radius 1 is 1.19 bits per heavy atom. The van der Waals surface area contributed by atoms with Crippen molar-refractivity contribution in [3.05, 3.63) is 45.6 Å². The maximum absolute atomic E-state index is 12.4. The largest absolute Gasteiger partial charge is 0.325 e. The number of carbonyl (C=O) groups excluding carboxylic acids is 1. The molecule has 0 saturated heterocycles. The number of aromatic nitrogens is 3. The fraction of sp³-hybridized carbons (Fsp3) is 0.350. The highest BCUT2D eigenvalue weighted by Gasteiger charge is 2.18. The standard InChI is InChI=1S/C20H24N4OS2/c1-12(2)24-19(16-9-15(5)26-10-16)22-23-20(24)27-11-18(25)21-17-7-6-13(3)14(4)8-17/h6-10,12H,11H2,1-5H3,(H,21,25). The molecule has 142 valence electrons. The monoisotopic (exact) mass is 400 g/mol. The van der Waals surface area contributed by atoms with Crippen molar-refractivity contribution < 1.29 is 4.79 Å². The number of nitrogens with one attached hydrogen (secondary N) is 1. The van der Waals surface area contributed by atoms with Crippen LogP contribution in [0.4, 0.5) is 5.69 Å². The number of aryl methyl sites for hydroxylation is 3. The van der Waals surface area contributed by atoms with E-state index in [2.05, 4.69) is 59.2 Å². The fourth-order valence-corrected chi connectivity index (χ4v) is 4.29. The van der Waals surface area contributed by atoms with Crippen molar-refractivity contribution >= 4 is 34.7 Å². The van der Waals surface area contributed by atoms with Gasteiger partial charge in [-0.25, -0.2) is 0 Å². The quantitative estimate of drug-likeness (QED) is 0.575. The molecule has 7 heteroatoms. The molecule has 0 saturated carbocycles.